The van der Waals surface area contributed by atoms with Gasteiger partial charge in [-0.3, -0.25) is 14.5 Å². The molecule has 33 heavy (non-hydrogen) atoms. The van der Waals surface area contributed by atoms with E-state index in [9.17, 15) is 9.59 Å². The Kier molecular flexibility index (Phi) is 4.63. The molecule has 3 aromatic rings. The zero-order valence-corrected chi connectivity index (χ0v) is 18.5. The molecule has 5 nitrogen and oxygen atoms in total. The van der Waals surface area contributed by atoms with Crippen LogP contribution in [0, 0.1) is 5.92 Å². The van der Waals surface area contributed by atoms with Crippen LogP contribution >= 0.6 is 0 Å². The highest BCUT2D eigenvalue weighted by molar-refractivity contribution is 6.12. The molecule has 3 unspecified atom stereocenters. The number of hydrogen-bond acceptors (Lipinski definition) is 4. The van der Waals surface area contributed by atoms with Crippen molar-refractivity contribution in [1.82, 2.24) is 4.90 Å². The molecule has 5 heteroatoms. The van der Waals surface area contributed by atoms with Gasteiger partial charge in [-0.2, -0.15) is 0 Å². The summed E-state index contributed by atoms with van der Waals surface area (Å²) >= 11 is 0. The van der Waals surface area contributed by atoms with E-state index in [4.69, 9.17) is 4.74 Å². The number of anilines is 1. The lowest BCUT2D eigenvalue weighted by Gasteiger charge is -2.37. The number of ketones is 1. The first kappa shape index (κ1) is 20.2. The van der Waals surface area contributed by atoms with Crippen molar-refractivity contribution in [1.29, 1.82) is 0 Å². The van der Waals surface area contributed by atoms with Crippen molar-refractivity contribution in [3.8, 4) is 5.75 Å². The summed E-state index contributed by atoms with van der Waals surface area (Å²) in [5, 5.41) is 3.11. The van der Waals surface area contributed by atoms with E-state index >= 15 is 0 Å². The van der Waals surface area contributed by atoms with Crippen molar-refractivity contribution < 1.29 is 14.3 Å². The summed E-state index contributed by atoms with van der Waals surface area (Å²) in [7, 11) is 1.63. The molecule has 3 aliphatic rings. The van der Waals surface area contributed by atoms with Gasteiger partial charge in [0.15, 0.2) is 5.78 Å². The van der Waals surface area contributed by atoms with Crippen LogP contribution in [0.4, 0.5) is 5.69 Å². The summed E-state index contributed by atoms with van der Waals surface area (Å²) in [6.07, 6.45) is 1.97. The molecule has 1 N–H and O–H groups in total. The van der Waals surface area contributed by atoms with Crippen molar-refractivity contribution in [3.05, 3.63) is 95.6 Å². The number of hydrogen-bond donors (Lipinski definition) is 1. The van der Waals surface area contributed by atoms with Gasteiger partial charge in [-0.1, -0.05) is 60.7 Å². The van der Waals surface area contributed by atoms with Crippen LogP contribution < -0.4 is 10.1 Å². The van der Waals surface area contributed by atoms with Gasteiger partial charge in [0.25, 0.3) is 0 Å². The van der Waals surface area contributed by atoms with E-state index in [1.54, 1.807) is 7.11 Å². The molecule has 0 radical (unpaired) electrons. The molecule has 0 saturated carbocycles. The first-order valence-electron chi connectivity index (χ1n) is 11.6. The Hall–Kier alpha value is -3.44. The van der Waals surface area contributed by atoms with Gasteiger partial charge in [0.2, 0.25) is 5.91 Å². The Morgan fingerprint density at radius 2 is 1.76 bits per heavy atom. The van der Waals surface area contributed by atoms with Gasteiger partial charge in [-0.15, -0.1) is 0 Å². The molecular weight excluding hydrogens is 412 g/mol. The summed E-state index contributed by atoms with van der Waals surface area (Å²) in [5.74, 6) is -0.0188. The van der Waals surface area contributed by atoms with Gasteiger partial charge in [0.05, 0.1) is 13.0 Å². The number of methoxy groups -OCH3 is 1. The zero-order valence-electron chi connectivity index (χ0n) is 18.5. The van der Waals surface area contributed by atoms with E-state index in [2.05, 4.69) is 22.3 Å². The number of carbonyl (C=O) groups is 2. The molecule has 0 bridgehead atoms. The lowest BCUT2D eigenvalue weighted by molar-refractivity contribution is -0.127. The molecule has 6 rings (SSSR count). The maximum absolute atomic E-state index is 14.3. The van der Waals surface area contributed by atoms with Crippen LogP contribution in [0.2, 0.25) is 0 Å². The molecule has 0 aromatic heterocycles. The third kappa shape index (κ3) is 2.75. The van der Waals surface area contributed by atoms with Crippen LogP contribution in [-0.4, -0.2) is 36.3 Å². The Morgan fingerprint density at radius 1 is 1.03 bits per heavy atom. The molecule has 0 aliphatic carbocycles. The number of benzene rings is 3. The largest absolute Gasteiger partial charge is 0.497 e. The summed E-state index contributed by atoms with van der Waals surface area (Å²) in [6.45, 7) is 0.788. The third-order valence-electron chi connectivity index (χ3n) is 7.73. The van der Waals surface area contributed by atoms with Crippen LogP contribution in [0.5, 0.6) is 5.75 Å². The van der Waals surface area contributed by atoms with Crippen LogP contribution in [0.3, 0.4) is 0 Å². The predicted molar refractivity (Wildman–Crippen MR) is 126 cm³/mol. The molecular formula is C28H26N2O3. The number of amides is 1. The number of carbonyl (C=O) groups excluding carboxylic acids is 2. The average Bonchev–Trinajstić information content (AvgIpc) is 3.52. The van der Waals surface area contributed by atoms with Crippen LogP contribution in [0.1, 0.15) is 40.2 Å². The van der Waals surface area contributed by atoms with Crippen molar-refractivity contribution in [2.24, 2.45) is 5.92 Å². The van der Waals surface area contributed by atoms with Crippen molar-refractivity contribution in [2.45, 2.75) is 30.3 Å². The smallest absolute Gasteiger partial charge is 0.250 e. The van der Waals surface area contributed by atoms with Gasteiger partial charge in [0.1, 0.15) is 11.3 Å². The zero-order chi connectivity index (χ0) is 22.6. The van der Waals surface area contributed by atoms with Gasteiger partial charge in [-0.25, -0.2) is 0 Å². The normalized spacial score (nSPS) is 27.9. The highest BCUT2D eigenvalue weighted by Crippen LogP contribution is 2.61. The second-order valence-electron chi connectivity index (χ2n) is 9.18. The molecule has 1 amide bonds. The maximum atomic E-state index is 14.3. The minimum atomic E-state index is -1.06. The lowest BCUT2D eigenvalue weighted by Crippen LogP contribution is -2.52. The summed E-state index contributed by atoms with van der Waals surface area (Å²) < 4.78 is 5.54. The van der Waals surface area contributed by atoms with Crippen LogP contribution in [0.15, 0.2) is 78.9 Å². The number of rotatable bonds is 4. The maximum Gasteiger partial charge on any atom is 0.250 e. The van der Waals surface area contributed by atoms with E-state index in [0.717, 1.165) is 36.2 Å². The van der Waals surface area contributed by atoms with Gasteiger partial charge in [0, 0.05) is 28.8 Å². The topological polar surface area (TPSA) is 58.6 Å². The monoisotopic (exact) mass is 438 g/mol. The quantitative estimate of drug-likeness (QED) is 0.605. The molecule has 1 spiro atoms. The number of fused-ring (bicyclic) bond motifs is 4. The van der Waals surface area contributed by atoms with E-state index in [0.29, 0.717) is 11.3 Å². The fraction of sp³-hybridized carbons (Fsp3) is 0.286. The molecule has 3 aromatic carbocycles. The Bertz CT molecular complexity index is 1230. The molecule has 4 atom stereocenters. The van der Waals surface area contributed by atoms with Crippen LogP contribution in [-0.2, 0) is 10.3 Å². The average molecular weight is 439 g/mol. The van der Waals surface area contributed by atoms with Crippen molar-refractivity contribution >= 4 is 17.4 Å². The lowest BCUT2D eigenvalue weighted by atomic mass is 9.69. The predicted octanol–water partition coefficient (Wildman–Crippen LogP) is 4.60. The summed E-state index contributed by atoms with van der Waals surface area (Å²) in [4.78, 5) is 30.6. The number of nitrogens with one attached hydrogen (secondary N) is 1. The molecule has 3 heterocycles. The fourth-order valence-electron chi connectivity index (χ4n) is 6.50. The minimum Gasteiger partial charge on any atom is -0.497 e. The van der Waals surface area contributed by atoms with Gasteiger partial charge >= 0.3 is 0 Å². The first-order chi connectivity index (χ1) is 16.2. The molecule has 2 saturated heterocycles. The SMILES string of the molecule is COc1ccc2c(c1)[C@]1(C(=O)N2)C(C(=O)c2ccccc2)C(c2ccccc2)C2CCCN21. The molecule has 3 aliphatic heterocycles. The molecule has 2 fully saturated rings. The van der Waals surface area contributed by atoms with E-state index in [-0.39, 0.29) is 23.7 Å². The highest BCUT2D eigenvalue weighted by atomic mass is 16.5. The Labute approximate surface area is 193 Å². The van der Waals surface area contributed by atoms with Crippen molar-refractivity contribution in [2.75, 3.05) is 19.0 Å². The first-order valence-corrected chi connectivity index (χ1v) is 11.6. The second kappa shape index (κ2) is 7.56. The second-order valence-corrected chi connectivity index (χ2v) is 9.18. The summed E-state index contributed by atoms with van der Waals surface area (Å²) in [5.41, 5.74) is 2.33. The van der Waals surface area contributed by atoms with Gasteiger partial charge < -0.3 is 10.1 Å². The number of nitrogens with zero attached hydrogens (tertiary/aromatic N) is 1. The van der Waals surface area contributed by atoms with E-state index in [1.165, 1.54) is 0 Å². The summed E-state index contributed by atoms with van der Waals surface area (Å²) in [6, 6.07) is 25.5. The molecule has 166 valence electrons. The van der Waals surface area contributed by atoms with Crippen molar-refractivity contribution in [3.63, 3.8) is 0 Å². The van der Waals surface area contributed by atoms with Gasteiger partial charge in [-0.05, 0) is 43.1 Å². The van der Waals surface area contributed by atoms with Crippen LogP contribution in [0.25, 0.3) is 0 Å². The Morgan fingerprint density at radius 3 is 2.48 bits per heavy atom. The Balaban J connectivity index is 1.63. The third-order valence-corrected chi connectivity index (χ3v) is 7.73. The van der Waals surface area contributed by atoms with E-state index in [1.807, 2.05) is 66.7 Å². The van der Waals surface area contributed by atoms with E-state index < -0.39 is 11.5 Å². The fourth-order valence-corrected chi connectivity index (χ4v) is 6.50. The minimum absolute atomic E-state index is 0.0182. The standard InChI is InChI=1S/C28H26N2O3/c1-33-20-14-15-22-21(17-20)28(27(32)29-22)25(26(31)19-11-6-3-7-12-19)24(18-9-4-2-5-10-18)23-13-8-16-30(23)28/h2-7,9-12,14-15,17,23-25H,8,13,16H2,1H3,(H,29,32)/t23?,24?,25?,28-/m1/s1. The number of Topliss-reactive ketones (excluding diaryl/α,β-unsaturated/α-hetero) is 1. The number of ether oxygens (including phenoxy) is 1. The highest BCUT2D eigenvalue weighted by Gasteiger charge is 2.69.